The largest absolute Gasteiger partial charge is 0.434 e. The molecular weight excluding hydrogens is 295 g/mol. The van der Waals surface area contributed by atoms with Crippen molar-refractivity contribution in [2.24, 2.45) is 48.0 Å². The van der Waals surface area contributed by atoms with Crippen molar-refractivity contribution < 1.29 is 18.0 Å². The molecule has 1 amide bonds. The quantitative estimate of drug-likeness (QED) is 0.891. The third-order valence-corrected chi connectivity index (χ3v) is 7.81. The van der Waals surface area contributed by atoms with Crippen molar-refractivity contribution in [2.45, 2.75) is 11.6 Å². The minimum absolute atomic E-state index is 0.131. The van der Waals surface area contributed by atoms with Crippen molar-refractivity contribution in [3.63, 3.8) is 0 Å². The molecule has 7 heteroatoms. The standard InChI is InChI=1S/C15H14F3N3O/c1-19-12(22)14-8-5-9(14)7-10(14)6(8)13(5,7)11-20-4(3-21(11)2)15(16,17)18/h3,5-10H,1-2H3,(H,19,22). The van der Waals surface area contributed by atoms with Crippen molar-refractivity contribution in [3.8, 4) is 0 Å². The maximum Gasteiger partial charge on any atom is 0.434 e. The summed E-state index contributed by atoms with van der Waals surface area (Å²) < 4.78 is 40.2. The van der Waals surface area contributed by atoms with Gasteiger partial charge in [-0.1, -0.05) is 0 Å². The van der Waals surface area contributed by atoms with Crippen LogP contribution in [0.2, 0.25) is 0 Å². The third kappa shape index (κ3) is 0.689. The van der Waals surface area contributed by atoms with Crippen LogP contribution < -0.4 is 5.32 Å². The van der Waals surface area contributed by atoms with Crippen LogP contribution in [0.4, 0.5) is 13.2 Å². The summed E-state index contributed by atoms with van der Waals surface area (Å²) in [6.45, 7) is 0. The summed E-state index contributed by atoms with van der Waals surface area (Å²) in [6.07, 6.45) is -3.29. The van der Waals surface area contributed by atoms with E-state index in [2.05, 4.69) is 10.3 Å². The van der Waals surface area contributed by atoms with Crippen LogP contribution in [0.1, 0.15) is 11.5 Å². The first-order valence-corrected chi connectivity index (χ1v) is 7.67. The lowest BCUT2D eigenvalue weighted by Crippen LogP contribution is -3.12. The van der Waals surface area contributed by atoms with E-state index in [9.17, 15) is 18.0 Å². The summed E-state index contributed by atoms with van der Waals surface area (Å²) in [6, 6.07) is 0. The van der Waals surface area contributed by atoms with E-state index in [4.69, 9.17) is 0 Å². The first-order chi connectivity index (χ1) is 10.3. The molecule has 0 unspecified atom stereocenters. The van der Waals surface area contributed by atoms with Gasteiger partial charge in [-0.05, 0) is 35.5 Å². The summed E-state index contributed by atoms with van der Waals surface area (Å²) >= 11 is 0. The number of hydrogen-bond donors (Lipinski definition) is 1. The number of carbonyl (C=O) groups is 1. The molecule has 0 aliphatic heterocycles. The maximum atomic E-state index is 12.9. The molecule has 116 valence electrons. The summed E-state index contributed by atoms with van der Waals surface area (Å²) in [5, 5.41) is 2.78. The van der Waals surface area contributed by atoms with Gasteiger partial charge in [0.25, 0.3) is 0 Å². The molecule has 4 nitrogen and oxygen atoms in total. The minimum Gasteiger partial charge on any atom is -0.359 e. The molecule has 1 N–H and O–H groups in total. The second-order valence-corrected chi connectivity index (χ2v) is 7.66. The Kier molecular flexibility index (Phi) is 1.48. The zero-order valence-corrected chi connectivity index (χ0v) is 12.0. The lowest BCUT2D eigenvalue weighted by atomic mass is 8.92. The fourth-order valence-electron chi connectivity index (χ4n) is 7.65. The summed E-state index contributed by atoms with van der Waals surface area (Å²) in [5.41, 5.74) is -1.07. The predicted octanol–water partition coefficient (Wildman–Crippen LogP) is 1.17. The van der Waals surface area contributed by atoms with E-state index in [0.717, 1.165) is 6.20 Å². The Morgan fingerprint density at radius 3 is 2.18 bits per heavy atom. The van der Waals surface area contributed by atoms with E-state index in [1.54, 1.807) is 18.7 Å². The number of halogens is 3. The van der Waals surface area contributed by atoms with Crippen molar-refractivity contribution >= 4 is 5.91 Å². The monoisotopic (exact) mass is 309 g/mol. The van der Waals surface area contributed by atoms with Crippen LogP contribution in [0.5, 0.6) is 0 Å². The molecule has 1 aromatic rings. The van der Waals surface area contributed by atoms with Crippen LogP contribution in [0.15, 0.2) is 6.20 Å². The average molecular weight is 309 g/mol. The highest BCUT2D eigenvalue weighted by molar-refractivity contribution is 5.93. The van der Waals surface area contributed by atoms with Gasteiger partial charge < -0.3 is 9.88 Å². The Morgan fingerprint density at radius 1 is 1.23 bits per heavy atom. The van der Waals surface area contributed by atoms with Crippen LogP contribution in [0.25, 0.3) is 0 Å². The number of carbonyl (C=O) groups excluding carboxylic acids is 1. The second-order valence-electron chi connectivity index (χ2n) is 7.66. The Bertz CT molecular complexity index is 726. The molecular formula is C15H14F3N3O. The topological polar surface area (TPSA) is 46.9 Å². The zero-order chi connectivity index (χ0) is 15.4. The number of rotatable bonds is 2. The number of aromatic nitrogens is 2. The number of alkyl halides is 3. The summed E-state index contributed by atoms with van der Waals surface area (Å²) in [7, 11) is 3.34. The molecule has 6 fully saturated rings. The molecule has 7 rings (SSSR count). The maximum absolute atomic E-state index is 12.9. The fraction of sp³-hybridized carbons (Fsp3) is 0.733. The SMILES string of the molecule is CNC(=O)C12C3C4C1C1C2C3C41c1nc(C(F)(F)F)cn1C. The molecule has 0 saturated heterocycles. The number of hydrogen-bond acceptors (Lipinski definition) is 2. The van der Waals surface area contributed by atoms with Gasteiger partial charge in [-0.3, -0.25) is 4.79 Å². The number of nitrogens with one attached hydrogen (secondary N) is 1. The number of aryl methyl sites for hydroxylation is 1. The molecule has 6 aliphatic rings. The van der Waals surface area contributed by atoms with Crippen LogP contribution in [-0.2, 0) is 23.4 Å². The Hall–Kier alpha value is -1.53. The van der Waals surface area contributed by atoms with Gasteiger partial charge in [0.15, 0.2) is 5.69 Å². The van der Waals surface area contributed by atoms with Gasteiger partial charge in [0.2, 0.25) is 5.91 Å². The van der Waals surface area contributed by atoms with Crippen molar-refractivity contribution in [2.75, 3.05) is 7.05 Å². The van der Waals surface area contributed by atoms with Crippen LogP contribution in [0.3, 0.4) is 0 Å². The molecule has 6 saturated carbocycles. The molecule has 22 heavy (non-hydrogen) atoms. The van der Waals surface area contributed by atoms with E-state index in [0.29, 0.717) is 41.3 Å². The van der Waals surface area contributed by atoms with E-state index in [1.165, 1.54) is 0 Å². The van der Waals surface area contributed by atoms with Crippen LogP contribution in [-0.4, -0.2) is 22.5 Å². The van der Waals surface area contributed by atoms with Gasteiger partial charge >= 0.3 is 6.18 Å². The lowest BCUT2D eigenvalue weighted by Gasteiger charge is -3.10. The highest BCUT2D eigenvalue weighted by atomic mass is 19.4. The van der Waals surface area contributed by atoms with Gasteiger partial charge in [-0.25, -0.2) is 4.98 Å². The van der Waals surface area contributed by atoms with Gasteiger partial charge in [0, 0.05) is 25.7 Å². The van der Waals surface area contributed by atoms with E-state index >= 15 is 0 Å². The smallest absolute Gasteiger partial charge is 0.359 e. The Balaban J connectivity index is 1.40. The molecule has 0 atom stereocenters. The third-order valence-electron chi connectivity index (χ3n) is 7.81. The summed E-state index contributed by atoms with van der Waals surface area (Å²) in [4.78, 5) is 16.1. The van der Waals surface area contributed by atoms with Gasteiger partial charge in [0.05, 0.1) is 5.41 Å². The van der Waals surface area contributed by atoms with Gasteiger partial charge in [-0.2, -0.15) is 13.2 Å². The van der Waals surface area contributed by atoms with Crippen molar-refractivity contribution in [1.82, 2.24) is 14.9 Å². The normalized spacial score (nSPS) is 54.2. The van der Waals surface area contributed by atoms with Crippen molar-refractivity contribution in [1.29, 1.82) is 0 Å². The fourth-order valence-corrected chi connectivity index (χ4v) is 7.65. The van der Waals surface area contributed by atoms with Gasteiger partial charge in [-0.15, -0.1) is 0 Å². The van der Waals surface area contributed by atoms with Crippen molar-refractivity contribution in [3.05, 3.63) is 17.7 Å². The van der Waals surface area contributed by atoms with Gasteiger partial charge in [0.1, 0.15) is 5.82 Å². The van der Waals surface area contributed by atoms with E-state index in [-0.39, 0.29) is 16.7 Å². The van der Waals surface area contributed by atoms with E-state index < -0.39 is 11.9 Å². The predicted molar refractivity (Wildman–Crippen MR) is 67.3 cm³/mol. The number of imidazole rings is 1. The molecule has 0 aromatic carbocycles. The van der Waals surface area contributed by atoms with E-state index in [1.807, 2.05) is 0 Å². The minimum atomic E-state index is -4.39. The molecule has 0 bridgehead atoms. The number of amides is 1. The Labute approximate surface area is 124 Å². The van der Waals surface area contributed by atoms with Crippen LogP contribution in [0, 0.1) is 40.9 Å². The van der Waals surface area contributed by atoms with Crippen LogP contribution >= 0.6 is 0 Å². The average Bonchev–Trinajstić information content (AvgIpc) is 2.88. The molecule has 1 heterocycles. The zero-order valence-electron chi connectivity index (χ0n) is 12.0. The lowest BCUT2D eigenvalue weighted by molar-refractivity contribution is -0.612. The first-order valence-electron chi connectivity index (χ1n) is 7.67. The number of nitrogens with zero attached hydrogens (tertiary/aromatic N) is 2. The highest BCUT2D eigenvalue weighted by Crippen LogP contribution is 3.09. The Morgan fingerprint density at radius 2 is 1.77 bits per heavy atom. The molecule has 1 aromatic heterocycles. The molecule has 6 aliphatic carbocycles. The second kappa shape index (κ2) is 2.71. The first kappa shape index (κ1) is 12.0. The highest BCUT2D eigenvalue weighted by Gasteiger charge is 3.12. The summed E-state index contributed by atoms with van der Waals surface area (Å²) in [5.74, 6) is 3.15. The molecule has 0 spiro atoms. The molecule has 0 radical (unpaired) electrons.